The van der Waals surface area contributed by atoms with Crippen molar-refractivity contribution in [1.29, 1.82) is 0 Å². The lowest BCUT2D eigenvalue weighted by atomic mass is 10.2. The van der Waals surface area contributed by atoms with Gasteiger partial charge in [-0.2, -0.15) is 0 Å². The van der Waals surface area contributed by atoms with Crippen LogP contribution in [0.4, 0.5) is 26.7 Å². The molecule has 0 unspecified atom stereocenters. The number of nitrogens with one attached hydrogen (secondary N) is 3. The molecule has 12 nitrogen and oxygen atoms in total. The Labute approximate surface area is 243 Å². The van der Waals surface area contributed by atoms with Crippen molar-refractivity contribution in [1.82, 2.24) is 14.8 Å². The predicted molar refractivity (Wildman–Crippen MR) is 159 cm³/mol. The van der Waals surface area contributed by atoms with Crippen LogP contribution in [0.5, 0.6) is 11.5 Å². The summed E-state index contributed by atoms with van der Waals surface area (Å²) in [5, 5.41) is 30.8. The monoisotopic (exact) mass is 584 g/mol. The molecule has 4 amide bonds. The van der Waals surface area contributed by atoms with Crippen LogP contribution in [-0.4, -0.2) is 75.8 Å². The van der Waals surface area contributed by atoms with Crippen LogP contribution in [0.1, 0.15) is 43.2 Å². The molecule has 220 valence electrons. The van der Waals surface area contributed by atoms with Gasteiger partial charge in [-0.1, -0.05) is 6.07 Å². The molecule has 0 aliphatic heterocycles. The molecule has 0 fully saturated rings. The van der Waals surface area contributed by atoms with Crippen LogP contribution in [0.25, 0.3) is 0 Å². The number of pyridine rings is 1. The zero-order valence-corrected chi connectivity index (χ0v) is 24.5. The molecule has 41 heavy (non-hydrogen) atoms. The number of anilines is 3. The summed E-state index contributed by atoms with van der Waals surface area (Å²) >= 11 is 1.31. The molecule has 0 radical (unpaired) electrons. The molecular formula is C28H36N6O6S. The summed E-state index contributed by atoms with van der Waals surface area (Å²) in [4.78, 5) is 45.9. The van der Waals surface area contributed by atoms with Crippen LogP contribution >= 0.6 is 11.3 Å². The smallest absolute Gasteiger partial charge is 0.412 e. The number of hydrogen-bond acceptors (Lipinski definition) is 9. The minimum atomic E-state index is -0.660. The fourth-order valence-electron chi connectivity index (χ4n) is 3.60. The number of amides is 4. The van der Waals surface area contributed by atoms with E-state index >= 15 is 0 Å². The van der Waals surface area contributed by atoms with Gasteiger partial charge in [0.2, 0.25) is 0 Å². The van der Waals surface area contributed by atoms with Crippen molar-refractivity contribution >= 4 is 46.4 Å². The molecular weight excluding hydrogens is 548 g/mol. The van der Waals surface area contributed by atoms with Gasteiger partial charge >= 0.3 is 12.1 Å². The number of phenols is 2. The Morgan fingerprint density at radius 1 is 0.951 bits per heavy atom. The van der Waals surface area contributed by atoms with Crippen LogP contribution in [0.3, 0.4) is 0 Å². The summed E-state index contributed by atoms with van der Waals surface area (Å²) in [5.74, 6) is -1.08. The summed E-state index contributed by atoms with van der Waals surface area (Å²) in [6, 6.07) is 6.93. The van der Waals surface area contributed by atoms with Crippen molar-refractivity contribution in [3.05, 3.63) is 58.5 Å². The number of ether oxygens (including phenoxy) is 1. The van der Waals surface area contributed by atoms with Gasteiger partial charge in [0.05, 0.1) is 11.4 Å². The molecule has 0 saturated carbocycles. The van der Waals surface area contributed by atoms with Gasteiger partial charge in [0.1, 0.15) is 11.3 Å². The van der Waals surface area contributed by atoms with Gasteiger partial charge in [-0.15, -0.1) is 11.3 Å². The second-order valence-corrected chi connectivity index (χ2v) is 11.3. The first-order valence-electron chi connectivity index (χ1n) is 12.9. The summed E-state index contributed by atoms with van der Waals surface area (Å²) < 4.78 is 5.27. The lowest BCUT2D eigenvalue weighted by Gasteiger charge is -2.24. The number of thiophene rings is 1. The van der Waals surface area contributed by atoms with E-state index in [-0.39, 0.29) is 23.7 Å². The molecule has 13 heteroatoms. The van der Waals surface area contributed by atoms with Crippen molar-refractivity contribution in [2.75, 3.05) is 43.1 Å². The molecule has 0 atom stereocenters. The maximum Gasteiger partial charge on any atom is 0.412 e. The summed E-state index contributed by atoms with van der Waals surface area (Å²) in [5.41, 5.74) is 1.37. The summed E-state index contributed by atoms with van der Waals surface area (Å²) in [7, 11) is 3.90. The topological polar surface area (TPSA) is 156 Å². The third-order valence-corrected chi connectivity index (χ3v) is 6.27. The van der Waals surface area contributed by atoms with E-state index in [0.717, 1.165) is 13.0 Å². The van der Waals surface area contributed by atoms with Crippen LogP contribution in [0.15, 0.2) is 47.3 Å². The highest BCUT2D eigenvalue weighted by Gasteiger charge is 2.19. The van der Waals surface area contributed by atoms with Gasteiger partial charge in [-0.25, -0.2) is 9.59 Å². The predicted octanol–water partition coefficient (Wildman–Crippen LogP) is 5.14. The number of urea groups is 1. The number of aromatic hydroxyl groups is 2. The molecule has 3 rings (SSSR count). The molecule has 5 N–H and O–H groups in total. The molecule has 0 bridgehead atoms. The van der Waals surface area contributed by atoms with Crippen LogP contribution in [0, 0.1) is 0 Å². The Kier molecular flexibility index (Phi) is 10.5. The number of phenolic OH excluding ortho intramolecular Hbond substituents is 2. The molecule has 0 aliphatic carbocycles. The van der Waals surface area contributed by atoms with E-state index in [9.17, 15) is 24.6 Å². The highest BCUT2D eigenvalue weighted by Crippen LogP contribution is 2.28. The van der Waals surface area contributed by atoms with E-state index in [1.807, 2.05) is 19.0 Å². The average molecular weight is 585 g/mol. The van der Waals surface area contributed by atoms with Gasteiger partial charge in [-0.05, 0) is 71.6 Å². The Balaban J connectivity index is 1.65. The third-order valence-electron chi connectivity index (χ3n) is 5.52. The highest BCUT2D eigenvalue weighted by molar-refractivity contribution is 7.09. The number of aromatic nitrogens is 1. The molecule has 1 aromatic carbocycles. The average Bonchev–Trinajstić information content (AvgIpc) is 3.30. The number of rotatable bonds is 10. The maximum atomic E-state index is 13.1. The van der Waals surface area contributed by atoms with Crippen molar-refractivity contribution in [3.63, 3.8) is 0 Å². The second-order valence-electron chi connectivity index (χ2n) is 10.5. The normalized spacial score (nSPS) is 11.2. The number of carbonyl (C=O) groups is 3. The van der Waals surface area contributed by atoms with E-state index in [2.05, 4.69) is 20.9 Å². The van der Waals surface area contributed by atoms with Crippen molar-refractivity contribution in [2.24, 2.45) is 0 Å². The summed E-state index contributed by atoms with van der Waals surface area (Å²) in [6.45, 7) is 6.72. The van der Waals surface area contributed by atoms with Gasteiger partial charge in [0, 0.05) is 41.8 Å². The number of benzene rings is 1. The largest absolute Gasteiger partial charge is 0.504 e. The second kappa shape index (κ2) is 13.8. The minimum absolute atomic E-state index is 0.159. The van der Waals surface area contributed by atoms with E-state index in [0.29, 0.717) is 29.2 Å². The Bertz CT molecular complexity index is 1350. The minimum Gasteiger partial charge on any atom is -0.504 e. The lowest BCUT2D eigenvalue weighted by Crippen LogP contribution is -2.36. The third kappa shape index (κ3) is 9.96. The van der Waals surface area contributed by atoms with E-state index in [1.165, 1.54) is 35.7 Å². The first-order valence-corrected chi connectivity index (χ1v) is 13.8. The van der Waals surface area contributed by atoms with E-state index < -0.39 is 23.6 Å². The Hall–Kier alpha value is -4.36. The molecule has 0 saturated heterocycles. The molecule has 3 aromatic rings. The SMILES string of the molecule is CN(C)CCCN(Cc1ccc(C(=O)Nc2cscc2NC(=O)OC(C)(C)C)nc1)C(=O)Nc1ccc(O)c(O)c1. The fraction of sp³-hybridized carbons (Fsp3) is 0.357. The van der Waals surface area contributed by atoms with Crippen LogP contribution in [-0.2, 0) is 11.3 Å². The Morgan fingerprint density at radius 3 is 2.27 bits per heavy atom. The first-order chi connectivity index (χ1) is 19.3. The van der Waals surface area contributed by atoms with E-state index in [4.69, 9.17) is 4.74 Å². The molecule has 2 aromatic heterocycles. The lowest BCUT2D eigenvalue weighted by molar-refractivity contribution is 0.0635. The Morgan fingerprint density at radius 2 is 1.66 bits per heavy atom. The maximum absolute atomic E-state index is 13.1. The van der Waals surface area contributed by atoms with Crippen molar-refractivity contribution in [3.8, 4) is 11.5 Å². The van der Waals surface area contributed by atoms with Crippen LogP contribution in [0.2, 0.25) is 0 Å². The van der Waals surface area contributed by atoms with E-state index in [1.54, 1.807) is 48.6 Å². The highest BCUT2D eigenvalue weighted by atomic mass is 32.1. The first kappa shape index (κ1) is 31.2. The van der Waals surface area contributed by atoms with Gasteiger partial charge < -0.3 is 35.4 Å². The fourth-order valence-corrected chi connectivity index (χ4v) is 4.31. The van der Waals surface area contributed by atoms with Crippen molar-refractivity contribution < 1.29 is 29.3 Å². The standard InChI is InChI=1S/C28H36N6O6S/c1-28(2,3)40-27(39)32-22-17-41-16-21(22)31-25(37)20-9-7-18(14-29-20)15-34(12-6-11-33(4)5)26(38)30-19-8-10-23(35)24(36)13-19/h7-10,13-14,16-17,35-36H,6,11-12,15H2,1-5H3,(H,30,38)(H,31,37)(H,32,39). The zero-order chi connectivity index (χ0) is 30.2. The van der Waals surface area contributed by atoms with Gasteiger partial charge in [0.15, 0.2) is 11.5 Å². The molecule has 0 spiro atoms. The summed E-state index contributed by atoms with van der Waals surface area (Å²) in [6.07, 6.45) is 1.62. The van der Waals surface area contributed by atoms with Gasteiger partial charge in [-0.3, -0.25) is 15.1 Å². The molecule has 2 heterocycles. The number of hydrogen-bond donors (Lipinski definition) is 5. The molecule has 0 aliphatic rings. The zero-order valence-electron chi connectivity index (χ0n) is 23.7. The van der Waals surface area contributed by atoms with Crippen molar-refractivity contribution in [2.45, 2.75) is 39.3 Å². The number of nitrogens with zero attached hydrogens (tertiary/aromatic N) is 3. The van der Waals surface area contributed by atoms with Gasteiger partial charge in [0.25, 0.3) is 5.91 Å². The number of carbonyl (C=O) groups excluding carboxylic acids is 3. The quantitative estimate of drug-likeness (QED) is 0.162. The van der Waals surface area contributed by atoms with Crippen LogP contribution < -0.4 is 16.0 Å².